The fraction of sp³-hybridized carbons (Fsp3) is 0.478. The molecule has 0 saturated carbocycles. The fourth-order valence-electron chi connectivity index (χ4n) is 4.01. The van der Waals surface area contributed by atoms with Crippen LogP contribution in [0.5, 0.6) is 0 Å². The summed E-state index contributed by atoms with van der Waals surface area (Å²) in [6.45, 7) is 3.09. The minimum absolute atomic E-state index is 0.0231. The minimum atomic E-state index is -1.43. The summed E-state index contributed by atoms with van der Waals surface area (Å²) in [5.41, 5.74) is 1.26. The molecule has 2 atom stereocenters. The van der Waals surface area contributed by atoms with Crippen molar-refractivity contribution in [3.63, 3.8) is 0 Å². The van der Waals surface area contributed by atoms with E-state index < -0.39 is 36.3 Å². The molecule has 4 amide bonds. The molecule has 2 aliphatic rings. The van der Waals surface area contributed by atoms with Gasteiger partial charge in [-0.1, -0.05) is 41.9 Å². The maximum absolute atomic E-state index is 13.3. The van der Waals surface area contributed by atoms with Gasteiger partial charge in [0.1, 0.15) is 6.61 Å². The van der Waals surface area contributed by atoms with Crippen molar-refractivity contribution >= 4 is 35.8 Å². The Labute approximate surface area is 197 Å². The number of carbonyl (C=O) groups is 4. The molecule has 0 spiro atoms. The van der Waals surface area contributed by atoms with Crippen LogP contribution in [0.3, 0.4) is 0 Å². The zero-order valence-corrected chi connectivity index (χ0v) is 19.4. The predicted octanol–water partition coefficient (Wildman–Crippen LogP) is 4.58. The van der Waals surface area contributed by atoms with E-state index in [1.54, 1.807) is 38.1 Å². The van der Waals surface area contributed by atoms with Crippen molar-refractivity contribution in [2.24, 2.45) is 0 Å². The molecule has 10 heteroatoms. The summed E-state index contributed by atoms with van der Waals surface area (Å²) >= 11 is 6.49. The van der Waals surface area contributed by atoms with E-state index in [-0.39, 0.29) is 19.8 Å². The van der Waals surface area contributed by atoms with E-state index in [1.165, 1.54) is 0 Å². The normalized spacial score (nSPS) is 20.6. The summed E-state index contributed by atoms with van der Waals surface area (Å²) in [5.74, 6) is -0.829. The second kappa shape index (κ2) is 11.2. The van der Waals surface area contributed by atoms with Gasteiger partial charge in [0.2, 0.25) is 0 Å². The minimum Gasteiger partial charge on any atom is -0.464 e. The molecule has 3 rings (SSSR count). The van der Waals surface area contributed by atoms with Crippen LogP contribution in [-0.4, -0.2) is 59.3 Å². The van der Waals surface area contributed by atoms with E-state index >= 15 is 0 Å². The molecule has 33 heavy (non-hydrogen) atoms. The summed E-state index contributed by atoms with van der Waals surface area (Å²) in [4.78, 5) is 53.5. The van der Waals surface area contributed by atoms with Crippen molar-refractivity contribution in [2.75, 3.05) is 13.2 Å². The number of urea groups is 1. The van der Waals surface area contributed by atoms with Gasteiger partial charge in [-0.3, -0.25) is 0 Å². The highest BCUT2D eigenvalue weighted by molar-refractivity contribution is 6.30. The number of rotatable bonds is 6. The number of nitrogens with zero attached hydrogens (tertiary/aromatic N) is 2. The number of hydrogen-bond acceptors (Lipinski definition) is 7. The molecule has 1 saturated heterocycles. The van der Waals surface area contributed by atoms with Gasteiger partial charge in [-0.2, -0.15) is 0 Å². The number of carbonyl (C=O) groups excluding carboxylic acids is 4. The summed E-state index contributed by atoms with van der Waals surface area (Å²) in [5, 5.41) is 0.458. The summed E-state index contributed by atoms with van der Waals surface area (Å²) < 4.78 is 15.6. The van der Waals surface area contributed by atoms with Crippen LogP contribution in [0, 0.1) is 0 Å². The Morgan fingerprint density at radius 1 is 0.939 bits per heavy atom. The van der Waals surface area contributed by atoms with Crippen LogP contribution in [0.4, 0.5) is 14.4 Å². The van der Waals surface area contributed by atoms with Crippen LogP contribution in [0.15, 0.2) is 40.9 Å². The maximum Gasteiger partial charge on any atom is 0.419 e. The molecule has 1 aliphatic heterocycles. The average Bonchev–Trinajstić information content (AvgIpc) is 3.11. The topological polar surface area (TPSA) is 102 Å². The predicted molar refractivity (Wildman–Crippen MR) is 118 cm³/mol. The van der Waals surface area contributed by atoms with Gasteiger partial charge in [0.05, 0.1) is 19.3 Å². The van der Waals surface area contributed by atoms with E-state index in [2.05, 4.69) is 0 Å². The van der Waals surface area contributed by atoms with Gasteiger partial charge in [0.25, 0.3) is 0 Å². The monoisotopic (exact) mass is 478 g/mol. The number of allylic oxidation sites excluding steroid dienone is 1. The third-order valence-electron chi connectivity index (χ3n) is 5.46. The van der Waals surface area contributed by atoms with Gasteiger partial charge in [-0.25, -0.2) is 29.0 Å². The molecule has 1 heterocycles. The summed E-state index contributed by atoms with van der Waals surface area (Å²) in [6, 6.07) is 5.35. The van der Waals surface area contributed by atoms with Gasteiger partial charge >= 0.3 is 24.2 Å². The summed E-state index contributed by atoms with van der Waals surface area (Å²) in [7, 11) is 0. The van der Waals surface area contributed by atoms with Crippen LogP contribution < -0.4 is 0 Å². The third-order valence-corrected chi connectivity index (χ3v) is 5.89. The second-order valence-electron chi connectivity index (χ2n) is 7.54. The van der Waals surface area contributed by atoms with Gasteiger partial charge in [0.15, 0.2) is 6.04 Å². The number of esters is 1. The third kappa shape index (κ3) is 5.30. The van der Waals surface area contributed by atoms with Crippen molar-refractivity contribution in [3.05, 3.63) is 46.5 Å². The lowest BCUT2D eigenvalue weighted by molar-refractivity contribution is -0.147. The first-order chi connectivity index (χ1) is 15.9. The molecule has 0 aromatic heterocycles. The first kappa shape index (κ1) is 24.6. The SMILES string of the molecule is CCOC(=O)[C@H]1[C@H](C2=C(Cl)CCCC2)N(C(=O)OCc2ccccc2)C(=O)N1C(=O)OCC. The molecule has 0 unspecified atom stereocenters. The van der Waals surface area contributed by atoms with Crippen molar-refractivity contribution in [3.8, 4) is 0 Å². The Hall–Kier alpha value is -3.07. The van der Waals surface area contributed by atoms with Crippen molar-refractivity contribution in [1.82, 2.24) is 9.80 Å². The zero-order chi connectivity index (χ0) is 24.0. The lowest BCUT2D eigenvalue weighted by atomic mass is 9.89. The van der Waals surface area contributed by atoms with Crippen LogP contribution >= 0.6 is 11.6 Å². The number of ether oxygens (including phenoxy) is 3. The van der Waals surface area contributed by atoms with Crippen molar-refractivity contribution in [2.45, 2.75) is 58.2 Å². The number of benzene rings is 1. The van der Waals surface area contributed by atoms with Gasteiger partial charge in [0, 0.05) is 5.03 Å². The van der Waals surface area contributed by atoms with Crippen LogP contribution in [0.25, 0.3) is 0 Å². The molecule has 1 aliphatic carbocycles. The fourth-order valence-corrected chi connectivity index (χ4v) is 4.35. The highest BCUT2D eigenvalue weighted by Crippen LogP contribution is 2.38. The lowest BCUT2D eigenvalue weighted by Crippen LogP contribution is -2.48. The largest absolute Gasteiger partial charge is 0.464 e. The highest BCUT2D eigenvalue weighted by atomic mass is 35.5. The number of halogens is 1. The molecule has 1 aromatic rings. The zero-order valence-electron chi connectivity index (χ0n) is 18.6. The first-order valence-electron chi connectivity index (χ1n) is 10.9. The number of amides is 4. The smallest absolute Gasteiger partial charge is 0.419 e. The van der Waals surface area contributed by atoms with E-state index in [4.69, 9.17) is 25.8 Å². The van der Waals surface area contributed by atoms with Crippen molar-refractivity contribution < 1.29 is 33.4 Å². The molecule has 1 fully saturated rings. The van der Waals surface area contributed by atoms with E-state index in [0.29, 0.717) is 33.9 Å². The quantitative estimate of drug-likeness (QED) is 0.435. The number of hydrogen-bond donors (Lipinski definition) is 0. The number of imide groups is 2. The highest BCUT2D eigenvalue weighted by Gasteiger charge is 2.58. The second-order valence-corrected chi connectivity index (χ2v) is 8.00. The first-order valence-corrected chi connectivity index (χ1v) is 11.3. The van der Waals surface area contributed by atoms with Crippen LogP contribution in [-0.2, 0) is 25.6 Å². The standard InChI is InChI=1S/C23H27ClN2O7/c1-3-31-20(27)19-18(16-12-8-9-13-17(16)24)25(21(28)26(19)22(29)32-4-2)23(30)33-14-15-10-6-5-7-11-15/h5-7,10-11,18-19H,3-4,8-9,12-14H2,1-2H3/t18-,19+/m0/s1. The Balaban J connectivity index is 2.01. The lowest BCUT2D eigenvalue weighted by Gasteiger charge is -2.29. The molecule has 1 aromatic carbocycles. The van der Waals surface area contributed by atoms with E-state index in [0.717, 1.165) is 17.7 Å². The molecule has 9 nitrogen and oxygen atoms in total. The Morgan fingerprint density at radius 3 is 2.21 bits per heavy atom. The molecular formula is C23H27ClN2O7. The maximum atomic E-state index is 13.3. The average molecular weight is 479 g/mol. The summed E-state index contributed by atoms with van der Waals surface area (Å²) in [6.07, 6.45) is 0.578. The van der Waals surface area contributed by atoms with Gasteiger partial charge < -0.3 is 14.2 Å². The van der Waals surface area contributed by atoms with E-state index in [1.807, 2.05) is 6.07 Å². The molecule has 0 radical (unpaired) electrons. The molecular weight excluding hydrogens is 452 g/mol. The van der Waals surface area contributed by atoms with E-state index in [9.17, 15) is 19.2 Å². The van der Waals surface area contributed by atoms with Gasteiger partial charge in [-0.05, 0) is 50.7 Å². The Kier molecular flexibility index (Phi) is 8.32. The molecule has 178 valence electrons. The Bertz CT molecular complexity index is 934. The van der Waals surface area contributed by atoms with Crippen LogP contribution in [0.2, 0.25) is 0 Å². The van der Waals surface area contributed by atoms with Gasteiger partial charge in [-0.15, -0.1) is 0 Å². The van der Waals surface area contributed by atoms with Crippen LogP contribution in [0.1, 0.15) is 45.1 Å². The molecule has 0 bridgehead atoms. The Morgan fingerprint density at radius 2 is 1.58 bits per heavy atom. The van der Waals surface area contributed by atoms with Crippen molar-refractivity contribution in [1.29, 1.82) is 0 Å². The molecule has 0 N–H and O–H groups in total.